The van der Waals surface area contributed by atoms with Gasteiger partial charge in [-0.05, 0) is 54.8 Å². The summed E-state index contributed by atoms with van der Waals surface area (Å²) in [6.45, 7) is 4.72. The van der Waals surface area contributed by atoms with E-state index in [1.807, 2.05) is 6.20 Å². The summed E-state index contributed by atoms with van der Waals surface area (Å²) in [5, 5.41) is 11.3. The lowest BCUT2D eigenvalue weighted by atomic mass is 9.95. The molecule has 0 saturated heterocycles. The highest BCUT2D eigenvalue weighted by molar-refractivity contribution is 7.17. The monoisotopic (exact) mass is 415 g/mol. The summed E-state index contributed by atoms with van der Waals surface area (Å²) in [6.07, 6.45) is 2.93. The number of amides is 1. The molecule has 2 aromatic heterocycles. The molecule has 1 aliphatic rings. The third-order valence-corrected chi connectivity index (χ3v) is 6.27. The number of hydrogen-bond acceptors (Lipinski definition) is 5. The molecule has 0 radical (unpaired) electrons. The Balaban J connectivity index is 1.47. The molecule has 1 atom stereocenters. The number of halogens is 1. The second kappa shape index (κ2) is 8.03. The van der Waals surface area contributed by atoms with Gasteiger partial charge in [0.15, 0.2) is 0 Å². The molecular formula is C20H22ClN5OS. The van der Waals surface area contributed by atoms with Crippen molar-refractivity contribution in [3.63, 3.8) is 0 Å². The molecule has 1 aromatic carbocycles. The van der Waals surface area contributed by atoms with Gasteiger partial charge in [-0.25, -0.2) is 4.68 Å². The van der Waals surface area contributed by atoms with Gasteiger partial charge in [0.1, 0.15) is 5.69 Å². The van der Waals surface area contributed by atoms with Crippen LogP contribution >= 0.6 is 22.9 Å². The van der Waals surface area contributed by atoms with E-state index in [1.165, 1.54) is 22.5 Å². The van der Waals surface area contributed by atoms with E-state index in [0.29, 0.717) is 27.4 Å². The van der Waals surface area contributed by atoms with E-state index in [1.54, 1.807) is 16.8 Å². The molecule has 3 heterocycles. The molecule has 0 fully saturated rings. The minimum atomic E-state index is -0.158. The zero-order valence-electron chi connectivity index (χ0n) is 15.9. The number of benzene rings is 1. The summed E-state index contributed by atoms with van der Waals surface area (Å²) in [5.74, 6) is 0.316. The number of carbonyl (C=O) groups excluding carboxylic acids is 1. The lowest BCUT2D eigenvalue weighted by Crippen LogP contribution is -2.22. The van der Waals surface area contributed by atoms with Gasteiger partial charge in [-0.2, -0.15) is 0 Å². The maximum atomic E-state index is 12.1. The molecule has 0 aliphatic carbocycles. The van der Waals surface area contributed by atoms with Crippen LogP contribution in [-0.4, -0.2) is 45.9 Å². The lowest BCUT2D eigenvalue weighted by Gasteiger charge is -2.17. The number of aromatic nitrogens is 3. The van der Waals surface area contributed by atoms with Crippen molar-refractivity contribution in [1.29, 1.82) is 0 Å². The Kier molecular flexibility index (Phi) is 5.48. The number of rotatable bonds is 4. The molecule has 0 spiro atoms. The lowest BCUT2D eigenvalue weighted by molar-refractivity contribution is 0.0954. The molecule has 28 heavy (non-hydrogen) atoms. The van der Waals surface area contributed by atoms with Crippen LogP contribution in [0.25, 0.3) is 5.69 Å². The van der Waals surface area contributed by atoms with E-state index >= 15 is 0 Å². The van der Waals surface area contributed by atoms with Gasteiger partial charge in [-0.3, -0.25) is 4.79 Å². The number of nitrogens with one attached hydrogen (secondary N) is 1. The average molecular weight is 416 g/mol. The van der Waals surface area contributed by atoms with Crippen LogP contribution in [0, 0.1) is 0 Å². The molecule has 8 heteroatoms. The fourth-order valence-electron chi connectivity index (χ4n) is 3.58. The van der Waals surface area contributed by atoms with E-state index in [2.05, 4.69) is 52.7 Å². The van der Waals surface area contributed by atoms with Gasteiger partial charge in [-0.15, -0.1) is 16.4 Å². The zero-order valence-corrected chi connectivity index (χ0v) is 17.4. The molecule has 6 nitrogen and oxygen atoms in total. The molecule has 1 N–H and O–H groups in total. The molecule has 4 rings (SSSR count). The first-order valence-corrected chi connectivity index (χ1v) is 10.5. The van der Waals surface area contributed by atoms with Gasteiger partial charge >= 0.3 is 0 Å². The Morgan fingerprint density at radius 1 is 1.36 bits per heavy atom. The van der Waals surface area contributed by atoms with Gasteiger partial charge in [0.25, 0.3) is 5.91 Å². The van der Waals surface area contributed by atoms with Crippen molar-refractivity contribution in [3.8, 4) is 5.69 Å². The fourth-order valence-corrected chi connectivity index (χ4v) is 4.54. The molecule has 3 aromatic rings. The molecule has 0 bridgehead atoms. The third kappa shape index (κ3) is 4.11. The van der Waals surface area contributed by atoms with Gasteiger partial charge in [-0.1, -0.05) is 29.8 Å². The van der Waals surface area contributed by atoms with Crippen LogP contribution in [-0.2, 0) is 13.0 Å². The van der Waals surface area contributed by atoms with Gasteiger partial charge in [0, 0.05) is 13.1 Å². The number of fused-ring (bicyclic) bond motifs is 1. The largest absolute Gasteiger partial charge is 0.346 e. The highest BCUT2D eigenvalue weighted by Crippen LogP contribution is 2.27. The van der Waals surface area contributed by atoms with Gasteiger partial charge in [0.05, 0.1) is 27.6 Å². The topological polar surface area (TPSA) is 63.0 Å². The molecule has 1 unspecified atom stereocenters. The molecule has 1 aliphatic heterocycles. The van der Waals surface area contributed by atoms with Gasteiger partial charge < -0.3 is 10.2 Å². The van der Waals surface area contributed by atoms with Crippen molar-refractivity contribution in [1.82, 2.24) is 25.2 Å². The van der Waals surface area contributed by atoms with Crippen LogP contribution in [0.4, 0.5) is 0 Å². The quantitative estimate of drug-likeness (QED) is 0.708. The molecule has 146 valence electrons. The van der Waals surface area contributed by atoms with E-state index in [-0.39, 0.29) is 5.91 Å². The van der Waals surface area contributed by atoms with Crippen molar-refractivity contribution in [3.05, 3.63) is 62.6 Å². The van der Waals surface area contributed by atoms with Crippen LogP contribution in [0.5, 0.6) is 0 Å². The maximum Gasteiger partial charge on any atom is 0.261 e. The summed E-state index contributed by atoms with van der Waals surface area (Å²) in [4.78, 5) is 15.1. The van der Waals surface area contributed by atoms with E-state index in [9.17, 15) is 4.79 Å². The summed E-state index contributed by atoms with van der Waals surface area (Å²) >= 11 is 7.14. The second-order valence-electron chi connectivity index (χ2n) is 7.24. The van der Waals surface area contributed by atoms with Crippen LogP contribution < -0.4 is 5.32 Å². The predicted molar refractivity (Wildman–Crippen MR) is 111 cm³/mol. The summed E-state index contributed by atoms with van der Waals surface area (Å²) in [6, 6.07) is 9.93. The summed E-state index contributed by atoms with van der Waals surface area (Å²) in [7, 11) is 2.17. The number of hydrogen-bond donors (Lipinski definition) is 1. The van der Waals surface area contributed by atoms with E-state index in [4.69, 9.17) is 11.6 Å². The Morgan fingerprint density at radius 3 is 3.00 bits per heavy atom. The average Bonchev–Trinajstić information content (AvgIpc) is 3.30. The van der Waals surface area contributed by atoms with Crippen molar-refractivity contribution < 1.29 is 4.79 Å². The SMILES string of the molecule is CC1CN(C)CCc2ccc(-n3cc(CNC(=O)c4ccc(Cl)s4)nn3)cc21. The third-order valence-electron chi connectivity index (χ3n) is 5.04. The molecule has 0 saturated carbocycles. The first kappa shape index (κ1) is 19.1. The first-order valence-electron chi connectivity index (χ1n) is 9.26. The number of carbonyl (C=O) groups is 1. The number of nitrogens with zero attached hydrogens (tertiary/aromatic N) is 4. The summed E-state index contributed by atoms with van der Waals surface area (Å²) in [5.41, 5.74) is 4.48. The van der Waals surface area contributed by atoms with Crippen LogP contribution in [0.1, 0.15) is 39.3 Å². The molecule has 1 amide bonds. The Hall–Kier alpha value is -2.22. The summed E-state index contributed by atoms with van der Waals surface area (Å²) < 4.78 is 2.37. The highest BCUT2D eigenvalue weighted by Gasteiger charge is 2.18. The predicted octanol–water partition coefficient (Wildman–Crippen LogP) is 3.50. The Morgan fingerprint density at radius 2 is 2.21 bits per heavy atom. The van der Waals surface area contributed by atoms with Gasteiger partial charge in [0.2, 0.25) is 0 Å². The van der Waals surface area contributed by atoms with E-state index < -0.39 is 0 Å². The van der Waals surface area contributed by atoms with Crippen molar-refractivity contribution >= 4 is 28.8 Å². The van der Waals surface area contributed by atoms with Crippen LogP contribution in [0.15, 0.2) is 36.5 Å². The maximum absolute atomic E-state index is 12.1. The number of thiophene rings is 1. The Bertz CT molecular complexity index is 998. The minimum Gasteiger partial charge on any atom is -0.346 e. The second-order valence-corrected chi connectivity index (χ2v) is 8.95. The normalized spacial score (nSPS) is 17.2. The standard InChI is InChI=1S/C20H22ClN5OS/c1-13-11-25(2)8-7-14-3-4-16(9-17(13)14)26-12-15(23-24-26)10-22-20(27)18-5-6-19(21)28-18/h3-6,9,12-13H,7-8,10-11H2,1-2H3,(H,22,27). The fraction of sp³-hybridized carbons (Fsp3) is 0.350. The first-order chi connectivity index (χ1) is 13.5. The van der Waals surface area contributed by atoms with Crippen molar-refractivity contribution in [2.45, 2.75) is 25.8 Å². The van der Waals surface area contributed by atoms with Crippen molar-refractivity contribution in [2.75, 3.05) is 20.1 Å². The van der Waals surface area contributed by atoms with Crippen LogP contribution in [0.2, 0.25) is 4.34 Å². The highest BCUT2D eigenvalue weighted by atomic mass is 35.5. The molecular weight excluding hydrogens is 394 g/mol. The number of likely N-dealkylation sites (N-methyl/N-ethyl adjacent to an activating group) is 1. The van der Waals surface area contributed by atoms with Crippen LogP contribution in [0.3, 0.4) is 0 Å². The zero-order chi connectivity index (χ0) is 19.7. The Labute approximate surface area is 173 Å². The smallest absolute Gasteiger partial charge is 0.261 e. The van der Waals surface area contributed by atoms with E-state index in [0.717, 1.165) is 25.2 Å². The minimum absolute atomic E-state index is 0.158. The van der Waals surface area contributed by atoms with Crippen molar-refractivity contribution in [2.24, 2.45) is 0 Å².